The Bertz CT molecular complexity index is 329. The quantitative estimate of drug-likeness (QED) is 0.825. The average Bonchev–Trinajstić information content (AvgIpc) is 2.28. The van der Waals surface area contributed by atoms with Gasteiger partial charge in [-0.25, -0.2) is 4.98 Å². The van der Waals surface area contributed by atoms with Crippen molar-refractivity contribution in [3.8, 4) is 0 Å². The maximum absolute atomic E-state index is 9.67. The molecule has 0 aliphatic rings. The molecule has 1 heterocycles. The van der Waals surface area contributed by atoms with Gasteiger partial charge in [-0.15, -0.1) is 0 Å². The predicted octanol–water partition coefficient (Wildman–Crippen LogP) is 1.61. The molecule has 1 aromatic rings. The lowest BCUT2D eigenvalue weighted by Gasteiger charge is -2.27. The highest BCUT2D eigenvalue weighted by atomic mass is 16.5. The molecule has 0 aliphatic heterocycles. The van der Waals surface area contributed by atoms with Crippen molar-refractivity contribution in [2.45, 2.75) is 26.0 Å². The van der Waals surface area contributed by atoms with Crippen molar-refractivity contribution in [1.82, 2.24) is 4.98 Å². The van der Waals surface area contributed by atoms with E-state index in [0.717, 1.165) is 11.4 Å². The van der Waals surface area contributed by atoms with Gasteiger partial charge in [-0.2, -0.15) is 0 Å². The minimum absolute atomic E-state index is 0.220. The maximum atomic E-state index is 9.67. The monoisotopic (exact) mass is 224 g/mol. The van der Waals surface area contributed by atoms with Gasteiger partial charge in [0.15, 0.2) is 0 Å². The average molecular weight is 224 g/mol. The summed E-state index contributed by atoms with van der Waals surface area (Å²) in [5, 5.41) is 9.67. The van der Waals surface area contributed by atoms with E-state index >= 15 is 0 Å². The number of nitrogens with zero attached hydrogens (tertiary/aromatic N) is 2. The SMILES string of the molecule is COCC(C)N(C)c1ncccc1C(C)O. The molecule has 1 aromatic heterocycles. The van der Waals surface area contributed by atoms with Crippen LogP contribution in [-0.4, -0.2) is 36.9 Å². The van der Waals surface area contributed by atoms with E-state index in [9.17, 15) is 5.11 Å². The van der Waals surface area contributed by atoms with Gasteiger partial charge in [0.25, 0.3) is 0 Å². The molecule has 1 N–H and O–H groups in total. The van der Waals surface area contributed by atoms with Gasteiger partial charge in [0.05, 0.1) is 18.8 Å². The van der Waals surface area contributed by atoms with Crippen LogP contribution in [0.5, 0.6) is 0 Å². The highest BCUT2D eigenvalue weighted by Gasteiger charge is 2.16. The van der Waals surface area contributed by atoms with Gasteiger partial charge in [0.1, 0.15) is 5.82 Å². The molecule has 2 atom stereocenters. The Hall–Kier alpha value is -1.13. The van der Waals surface area contributed by atoms with Gasteiger partial charge in [-0.05, 0) is 19.9 Å². The molecule has 0 radical (unpaired) electrons. The molecule has 2 unspecified atom stereocenters. The van der Waals surface area contributed by atoms with Crippen LogP contribution in [0, 0.1) is 0 Å². The van der Waals surface area contributed by atoms with Crippen molar-refractivity contribution >= 4 is 5.82 Å². The normalized spacial score (nSPS) is 14.6. The fraction of sp³-hybridized carbons (Fsp3) is 0.583. The molecule has 0 fully saturated rings. The van der Waals surface area contributed by atoms with Crippen LogP contribution < -0.4 is 4.90 Å². The summed E-state index contributed by atoms with van der Waals surface area (Å²) in [7, 11) is 3.64. The van der Waals surface area contributed by atoms with Crippen LogP contribution in [-0.2, 0) is 4.74 Å². The number of aliphatic hydroxyl groups excluding tert-OH is 1. The van der Waals surface area contributed by atoms with Gasteiger partial charge in [0, 0.05) is 25.9 Å². The Labute approximate surface area is 96.9 Å². The smallest absolute Gasteiger partial charge is 0.134 e. The molecule has 4 heteroatoms. The number of hydrogen-bond acceptors (Lipinski definition) is 4. The zero-order valence-electron chi connectivity index (χ0n) is 10.3. The maximum Gasteiger partial charge on any atom is 0.134 e. The largest absolute Gasteiger partial charge is 0.389 e. The molecule has 0 aromatic carbocycles. The third-order valence-electron chi connectivity index (χ3n) is 2.67. The van der Waals surface area contributed by atoms with Crippen molar-refractivity contribution < 1.29 is 9.84 Å². The molecule has 0 saturated carbocycles. The van der Waals surface area contributed by atoms with E-state index < -0.39 is 6.10 Å². The first-order valence-corrected chi connectivity index (χ1v) is 5.42. The summed E-state index contributed by atoms with van der Waals surface area (Å²) in [6.07, 6.45) is 1.22. The number of ether oxygens (including phenoxy) is 1. The van der Waals surface area contributed by atoms with Crippen molar-refractivity contribution in [3.63, 3.8) is 0 Å². The second-order valence-electron chi connectivity index (χ2n) is 4.01. The number of aliphatic hydroxyl groups is 1. The first-order valence-electron chi connectivity index (χ1n) is 5.42. The molecule has 16 heavy (non-hydrogen) atoms. The Morgan fingerprint density at radius 2 is 2.19 bits per heavy atom. The van der Waals surface area contributed by atoms with Crippen LogP contribution in [0.15, 0.2) is 18.3 Å². The second kappa shape index (κ2) is 5.82. The Kier molecular flexibility index (Phi) is 4.71. The molecule has 0 bridgehead atoms. The summed E-state index contributed by atoms with van der Waals surface area (Å²) in [6, 6.07) is 3.95. The molecule has 1 rings (SSSR count). The number of rotatable bonds is 5. The van der Waals surface area contributed by atoms with Crippen molar-refractivity contribution in [2.24, 2.45) is 0 Å². The summed E-state index contributed by atoms with van der Waals surface area (Å²) in [5.41, 5.74) is 0.841. The lowest BCUT2D eigenvalue weighted by atomic mass is 10.1. The Morgan fingerprint density at radius 3 is 2.75 bits per heavy atom. The standard InChI is InChI=1S/C12H20N2O2/c1-9(8-16-4)14(3)12-11(10(2)15)6-5-7-13-12/h5-7,9-10,15H,8H2,1-4H3. The number of aromatic nitrogens is 1. The van der Waals surface area contributed by atoms with Gasteiger partial charge < -0.3 is 14.7 Å². The molecular weight excluding hydrogens is 204 g/mol. The third-order valence-corrected chi connectivity index (χ3v) is 2.67. The van der Waals surface area contributed by atoms with Gasteiger partial charge in [-0.1, -0.05) is 6.07 Å². The van der Waals surface area contributed by atoms with Crippen LogP contribution in [0.1, 0.15) is 25.5 Å². The van der Waals surface area contributed by atoms with E-state index in [1.54, 1.807) is 20.2 Å². The zero-order chi connectivity index (χ0) is 12.1. The summed E-state index contributed by atoms with van der Waals surface area (Å²) in [6.45, 7) is 4.44. The van der Waals surface area contributed by atoms with Crippen LogP contribution in [0.4, 0.5) is 5.82 Å². The summed E-state index contributed by atoms with van der Waals surface area (Å²) in [4.78, 5) is 6.33. The topological polar surface area (TPSA) is 45.6 Å². The van der Waals surface area contributed by atoms with E-state index in [2.05, 4.69) is 11.9 Å². The molecule has 0 spiro atoms. The third kappa shape index (κ3) is 2.93. The van der Waals surface area contributed by atoms with E-state index in [-0.39, 0.29) is 6.04 Å². The van der Waals surface area contributed by atoms with Crippen molar-refractivity contribution in [3.05, 3.63) is 23.9 Å². The summed E-state index contributed by atoms with van der Waals surface area (Å²) < 4.78 is 5.11. The number of hydrogen-bond donors (Lipinski definition) is 1. The summed E-state index contributed by atoms with van der Waals surface area (Å²) in [5.74, 6) is 0.807. The zero-order valence-corrected chi connectivity index (χ0v) is 10.3. The fourth-order valence-corrected chi connectivity index (χ4v) is 1.59. The van der Waals surface area contributed by atoms with E-state index in [1.807, 2.05) is 24.1 Å². The summed E-state index contributed by atoms with van der Waals surface area (Å²) >= 11 is 0. The van der Waals surface area contributed by atoms with Crippen LogP contribution in [0.25, 0.3) is 0 Å². The van der Waals surface area contributed by atoms with Crippen LogP contribution >= 0.6 is 0 Å². The minimum atomic E-state index is -0.513. The Balaban J connectivity index is 2.93. The Morgan fingerprint density at radius 1 is 1.50 bits per heavy atom. The van der Waals surface area contributed by atoms with E-state index in [0.29, 0.717) is 6.61 Å². The number of anilines is 1. The highest BCUT2D eigenvalue weighted by molar-refractivity contribution is 5.47. The molecule has 0 aliphatic carbocycles. The second-order valence-corrected chi connectivity index (χ2v) is 4.01. The van der Waals surface area contributed by atoms with E-state index in [4.69, 9.17) is 4.74 Å². The number of likely N-dealkylation sites (N-methyl/N-ethyl adjacent to an activating group) is 1. The minimum Gasteiger partial charge on any atom is -0.389 e. The molecule has 0 amide bonds. The lowest BCUT2D eigenvalue weighted by Crippen LogP contribution is -2.34. The molecule has 90 valence electrons. The van der Waals surface area contributed by atoms with Crippen molar-refractivity contribution in [2.75, 3.05) is 25.7 Å². The van der Waals surface area contributed by atoms with Crippen LogP contribution in [0.2, 0.25) is 0 Å². The van der Waals surface area contributed by atoms with Crippen LogP contribution in [0.3, 0.4) is 0 Å². The molecule has 4 nitrogen and oxygen atoms in total. The van der Waals surface area contributed by atoms with Gasteiger partial charge in [-0.3, -0.25) is 0 Å². The molecular formula is C12H20N2O2. The lowest BCUT2D eigenvalue weighted by molar-refractivity contribution is 0.181. The molecule has 0 saturated heterocycles. The highest BCUT2D eigenvalue weighted by Crippen LogP contribution is 2.23. The van der Waals surface area contributed by atoms with Gasteiger partial charge >= 0.3 is 0 Å². The number of pyridine rings is 1. The predicted molar refractivity (Wildman–Crippen MR) is 64.6 cm³/mol. The van der Waals surface area contributed by atoms with Gasteiger partial charge in [0.2, 0.25) is 0 Å². The van der Waals surface area contributed by atoms with E-state index in [1.165, 1.54) is 0 Å². The number of methoxy groups -OCH3 is 1. The first-order chi connectivity index (χ1) is 7.57. The van der Waals surface area contributed by atoms with Crippen molar-refractivity contribution in [1.29, 1.82) is 0 Å². The fourth-order valence-electron chi connectivity index (χ4n) is 1.59. The first kappa shape index (κ1) is 12.9.